The van der Waals surface area contributed by atoms with E-state index >= 15 is 0 Å². The molecule has 1 aromatic rings. The molecule has 1 aliphatic heterocycles. The number of benzene rings is 1. The van der Waals surface area contributed by atoms with Gasteiger partial charge in [0.25, 0.3) is 0 Å². The van der Waals surface area contributed by atoms with Crippen molar-refractivity contribution in [2.24, 2.45) is 5.92 Å². The third kappa shape index (κ3) is 5.79. The maximum absolute atomic E-state index is 10.3. The van der Waals surface area contributed by atoms with E-state index in [4.69, 9.17) is 16.3 Å². The Balaban J connectivity index is 1.67. The van der Waals surface area contributed by atoms with Gasteiger partial charge in [-0.2, -0.15) is 0 Å². The Morgan fingerprint density at radius 3 is 2.95 bits per heavy atom. The van der Waals surface area contributed by atoms with Gasteiger partial charge in [0, 0.05) is 11.6 Å². The first-order valence-corrected chi connectivity index (χ1v) is 8.85. The summed E-state index contributed by atoms with van der Waals surface area (Å²) in [7, 11) is 0. The molecule has 1 heterocycles. The van der Waals surface area contributed by atoms with E-state index in [0.29, 0.717) is 17.5 Å². The highest BCUT2D eigenvalue weighted by molar-refractivity contribution is 6.30. The Bertz CT molecular complexity index is 441. The number of β-amino-alcohol motifs (C(OH)–C–C–N with tert-alkyl or cyclic N) is 1. The summed E-state index contributed by atoms with van der Waals surface area (Å²) < 4.78 is 5.74. The number of likely N-dealkylation sites (tertiary alicyclic amines) is 1. The number of unbranched alkanes of at least 4 members (excludes halogenated alkanes) is 2. The number of hydrogen-bond acceptors (Lipinski definition) is 3. The van der Waals surface area contributed by atoms with E-state index in [2.05, 4.69) is 11.8 Å². The zero-order valence-electron chi connectivity index (χ0n) is 13.5. The number of ether oxygens (including phenoxy) is 1. The van der Waals surface area contributed by atoms with Gasteiger partial charge in [0.2, 0.25) is 0 Å². The summed E-state index contributed by atoms with van der Waals surface area (Å²) in [4.78, 5) is 2.40. The van der Waals surface area contributed by atoms with Gasteiger partial charge < -0.3 is 14.7 Å². The van der Waals surface area contributed by atoms with Crippen LogP contribution in [-0.4, -0.2) is 42.4 Å². The molecule has 2 atom stereocenters. The minimum Gasteiger partial charge on any atom is -0.494 e. The number of aliphatic hydroxyl groups is 1. The van der Waals surface area contributed by atoms with Crippen molar-refractivity contribution in [3.8, 4) is 5.75 Å². The molecule has 1 N–H and O–H groups in total. The SMILES string of the molecule is CCCCCN1CC[C@H](CCOc2cccc(Cl)c2)[C@@H](O)C1. The number of nitrogens with zero attached hydrogens (tertiary/aromatic N) is 1. The van der Waals surface area contributed by atoms with Crippen molar-refractivity contribution in [1.29, 1.82) is 0 Å². The summed E-state index contributed by atoms with van der Waals surface area (Å²) >= 11 is 5.94. The number of rotatable bonds is 8. The third-order valence-electron chi connectivity index (χ3n) is 4.44. The fraction of sp³-hybridized carbons (Fsp3) is 0.667. The summed E-state index contributed by atoms with van der Waals surface area (Å²) in [5.74, 6) is 1.15. The molecule has 124 valence electrons. The standard InChI is InChI=1S/C18H28ClNO2/c1-2-3-4-10-20-11-8-15(18(21)14-20)9-12-22-17-7-5-6-16(19)13-17/h5-7,13,15,18,21H,2-4,8-12,14H2,1H3/t15-,18+/m1/s1. The van der Waals surface area contributed by atoms with Crippen LogP contribution in [0.2, 0.25) is 5.02 Å². The molecule has 0 aliphatic carbocycles. The van der Waals surface area contributed by atoms with Gasteiger partial charge in [-0.3, -0.25) is 0 Å². The summed E-state index contributed by atoms with van der Waals surface area (Å²) in [6, 6.07) is 7.47. The van der Waals surface area contributed by atoms with E-state index in [1.165, 1.54) is 19.3 Å². The third-order valence-corrected chi connectivity index (χ3v) is 4.67. The fourth-order valence-electron chi connectivity index (χ4n) is 3.06. The molecule has 0 spiro atoms. The lowest BCUT2D eigenvalue weighted by atomic mass is 9.91. The van der Waals surface area contributed by atoms with Crippen LogP contribution >= 0.6 is 11.6 Å². The molecule has 1 fully saturated rings. The molecule has 0 saturated carbocycles. The van der Waals surface area contributed by atoms with Crippen molar-refractivity contribution in [3.05, 3.63) is 29.3 Å². The highest BCUT2D eigenvalue weighted by Crippen LogP contribution is 2.23. The van der Waals surface area contributed by atoms with Crippen molar-refractivity contribution in [2.45, 2.75) is 45.1 Å². The Morgan fingerprint density at radius 1 is 1.36 bits per heavy atom. The van der Waals surface area contributed by atoms with Crippen LogP contribution in [0.1, 0.15) is 39.0 Å². The lowest BCUT2D eigenvalue weighted by molar-refractivity contribution is 0.0129. The predicted octanol–water partition coefficient (Wildman–Crippen LogP) is 3.98. The maximum atomic E-state index is 10.3. The second-order valence-corrected chi connectivity index (χ2v) is 6.65. The second-order valence-electron chi connectivity index (χ2n) is 6.22. The van der Waals surface area contributed by atoms with Gasteiger partial charge in [-0.1, -0.05) is 37.4 Å². The van der Waals surface area contributed by atoms with E-state index in [-0.39, 0.29) is 6.10 Å². The number of halogens is 1. The zero-order chi connectivity index (χ0) is 15.8. The Kier molecular flexibility index (Phi) is 7.50. The zero-order valence-corrected chi connectivity index (χ0v) is 14.3. The molecule has 0 aromatic heterocycles. The quantitative estimate of drug-likeness (QED) is 0.734. The number of aliphatic hydroxyl groups excluding tert-OH is 1. The van der Waals surface area contributed by atoms with E-state index in [1.807, 2.05) is 24.3 Å². The topological polar surface area (TPSA) is 32.7 Å². The highest BCUT2D eigenvalue weighted by Gasteiger charge is 2.27. The van der Waals surface area contributed by atoms with Gasteiger partial charge in [-0.25, -0.2) is 0 Å². The van der Waals surface area contributed by atoms with Crippen molar-refractivity contribution >= 4 is 11.6 Å². The van der Waals surface area contributed by atoms with E-state index in [1.54, 1.807) is 0 Å². The van der Waals surface area contributed by atoms with Crippen LogP contribution in [0.15, 0.2) is 24.3 Å². The van der Waals surface area contributed by atoms with Gasteiger partial charge in [-0.15, -0.1) is 0 Å². The van der Waals surface area contributed by atoms with Crippen LogP contribution in [0.5, 0.6) is 5.75 Å². The highest BCUT2D eigenvalue weighted by atomic mass is 35.5. The summed E-state index contributed by atoms with van der Waals surface area (Å²) in [6.45, 7) is 5.89. The van der Waals surface area contributed by atoms with E-state index in [9.17, 15) is 5.11 Å². The number of hydrogen-bond donors (Lipinski definition) is 1. The largest absolute Gasteiger partial charge is 0.494 e. The van der Waals surface area contributed by atoms with Crippen molar-refractivity contribution in [3.63, 3.8) is 0 Å². The van der Waals surface area contributed by atoms with Gasteiger partial charge in [0.05, 0.1) is 12.7 Å². The molecule has 3 nitrogen and oxygen atoms in total. The molecule has 1 aliphatic rings. The van der Waals surface area contributed by atoms with Crippen LogP contribution in [0.4, 0.5) is 0 Å². The predicted molar refractivity (Wildman–Crippen MR) is 91.6 cm³/mol. The summed E-state index contributed by atoms with van der Waals surface area (Å²) in [5.41, 5.74) is 0. The van der Waals surface area contributed by atoms with Gasteiger partial charge in [0.1, 0.15) is 5.75 Å². The Hall–Kier alpha value is -0.770. The van der Waals surface area contributed by atoms with E-state index < -0.39 is 0 Å². The fourth-order valence-corrected chi connectivity index (χ4v) is 3.24. The first-order chi connectivity index (χ1) is 10.7. The molecule has 1 aromatic carbocycles. The van der Waals surface area contributed by atoms with Crippen molar-refractivity contribution < 1.29 is 9.84 Å². The monoisotopic (exact) mass is 325 g/mol. The van der Waals surface area contributed by atoms with Gasteiger partial charge in [0.15, 0.2) is 0 Å². The van der Waals surface area contributed by atoms with Crippen LogP contribution in [0.25, 0.3) is 0 Å². The average Bonchev–Trinajstić information content (AvgIpc) is 2.50. The normalized spacial score (nSPS) is 22.7. The lowest BCUT2D eigenvalue weighted by Gasteiger charge is -2.36. The molecule has 0 radical (unpaired) electrons. The molecule has 4 heteroatoms. The van der Waals surface area contributed by atoms with Crippen molar-refractivity contribution in [1.82, 2.24) is 4.90 Å². The Labute approximate surface area is 139 Å². The van der Waals surface area contributed by atoms with Crippen LogP contribution in [-0.2, 0) is 0 Å². The molecular weight excluding hydrogens is 298 g/mol. The molecule has 0 amide bonds. The van der Waals surface area contributed by atoms with Crippen LogP contribution in [0, 0.1) is 5.92 Å². The van der Waals surface area contributed by atoms with E-state index in [0.717, 1.165) is 38.2 Å². The molecule has 2 rings (SSSR count). The molecular formula is C18H28ClNO2. The molecule has 0 unspecified atom stereocenters. The lowest BCUT2D eigenvalue weighted by Crippen LogP contribution is -2.44. The smallest absolute Gasteiger partial charge is 0.120 e. The minimum atomic E-state index is -0.224. The average molecular weight is 326 g/mol. The minimum absolute atomic E-state index is 0.224. The molecule has 0 bridgehead atoms. The molecule has 1 saturated heterocycles. The maximum Gasteiger partial charge on any atom is 0.120 e. The summed E-state index contributed by atoms with van der Waals surface area (Å²) in [5, 5.41) is 11.0. The van der Waals surface area contributed by atoms with Crippen LogP contribution < -0.4 is 4.74 Å². The summed E-state index contributed by atoms with van der Waals surface area (Å²) in [6.07, 6.45) is 5.51. The number of piperidine rings is 1. The first-order valence-electron chi connectivity index (χ1n) is 8.48. The van der Waals surface area contributed by atoms with Crippen LogP contribution in [0.3, 0.4) is 0 Å². The second kappa shape index (κ2) is 9.39. The van der Waals surface area contributed by atoms with Crippen molar-refractivity contribution in [2.75, 3.05) is 26.2 Å². The Morgan fingerprint density at radius 2 is 2.23 bits per heavy atom. The first kappa shape index (κ1) is 17.6. The van der Waals surface area contributed by atoms with Gasteiger partial charge in [-0.05, 0) is 56.5 Å². The van der Waals surface area contributed by atoms with Gasteiger partial charge >= 0.3 is 0 Å². The molecule has 22 heavy (non-hydrogen) atoms.